The van der Waals surface area contributed by atoms with Gasteiger partial charge in [0.05, 0.1) is 0 Å². The lowest BCUT2D eigenvalue weighted by atomic mass is 9.98. The zero-order chi connectivity index (χ0) is 14.9. The van der Waals surface area contributed by atoms with E-state index in [2.05, 4.69) is 4.72 Å². The maximum Gasteiger partial charge on any atom is 0.279 e. The summed E-state index contributed by atoms with van der Waals surface area (Å²) in [6, 6.07) is 0.180. The molecule has 1 N–H and O–H groups in total. The second-order valence-electron chi connectivity index (χ2n) is 6.96. The normalized spacial score (nSPS) is 35.2. The molecule has 122 valence electrons. The Morgan fingerprint density at radius 2 is 1.86 bits per heavy atom. The van der Waals surface area contributed by atoms with Crippen LogP contribution in [0, 0.1) is 17.8 Å². The number of fused-ring (bicyclic) bond motifs is 1. The first-order valence-corrected chi connectivity index (χ1v) is 9.80. The van der Waals surface area contributed by atoms with Gasteiger partial charge in [-0.25, -0.2) is 0 Å². The summed E-state index contributed by atoms with van der Waals surface area (Å²) >= 11 is 0. The van der Waals surface area contributed by atoms with Gasteiger partial charge < -0.3 is 4.74 Å². The monoisotopic (exact) mass is 316 g/mol. The maximum atomic E-state index is 12.6. The Morgan fingerprint density at radius 1 is 1.10 bits per heavy atom. The van der Waals surface area contributed by atoms with Crippen LogP contribution < -0.4 is 4.72 Å². The third kappa shape index (κ3) is 3.44. The molecule has 6 heteroatoms. The van der Waals surface area contributed by atoms with E-state index in [0.29, 0.717) is 24.9 Å². The molecular formula is C15H28N2O3S. The van der Waals surface area contributed by atoms with Crippen LogP contribution in [0.4, 0.5) is 0 Å². The molecule has 3 atom stereocenters. The molecule has 0 aromatic heterocycles. The van der Waals surface area contributed by atoms with Crippen LogP contribution in [0.2, 0.25) is 0 Å². The van der Waals surface area contributed by atoms with E-state index in [-0.39, 0.29) is 6.04 Å². The molecule has 5 nitrogen and oxygen atoms in total. The molecule has 1 heterocycles. The zero-order valence-electron chi connectivity index (χ0n) is 13.0. The summed E-state index contributed by atoms with van der Waals surface area (Å²) in [6.07, 6.45) is 7.81. The first-order valence-electron chi connectivity index (χ1n) is 8.36. The summed E-state index contributed by atoms with van der Waals surface area (Å²) in [5, 5.41) is 0. The summed E-state index contributed by atoms with van der Waals surface area (Å²) in [4.78, 5) is 0. The van der Waals surface area contributed by atoms with Gasteiger partial charge in [-0.1, -0.05) is 12.8 Å². The average molecular weight is 316 g/mol. The maximum absolute atomic E-state index is 12.6. The van der Waals surface area contributed by atoms with Crippen molar-refractivity contribution < 1.29 is 13.2 Å². The van der Waals surface area contributed by atoms with Gasteiger partial charge in [0.15, 0.2) is 0 Å². The molecule has 2 aliphatic carbocycles. The van der Waals surface area contributed by atoms with Crippen LogP contribution in [0.1, 0.15) is 44.9 Å². The van der Waals surface area contributed by atoms with E-state index in [9.17, 15) is 8.42 Å². The molecule has 0 radical (unpaired) electrons. The highest BCUT2D eigenvalue weighted by Crippen LogP contribution is 2.44. The van der Waals surface area contributed by atoms with Crippen molar-refractivity contribution in [2.75, 3.05) is 26.8 Å². The minimum absolute atomic E-state index is 0.180. The van der Waals surface area contributed by atoms with Crippen molar-refractivity contribution in [2.24, 2.45) is 17.8 Å². The van der Waals surface area contributed by atoms with Crippen LogP contribution in [0.15, 0.2) is 0 Å². The van der Waals surface area contributed by atoms with Crippen molar-refractivity contribution in [2.45, 2.75) is 51.0 Å². The molecule has 3 aliphatic rings. The summed E-state index contributed by atoms with van der Waals surface area (Å²) in [7, 11) is -1.59. The average Bonchev–Trinajstić information content (AvgIpc) is 3.05. The standard InChI is InChI=1S/C15H28N2O3S/c1-20-11-12-7-9-17(10-8-12)21(18,19)16-15-6-5-13-3-2-4-14(13)15/h12-16H,2-11H2,1H3/t13-,14-,15-/m1/s1. The Bertz CT molecular complexity index is 446. The molecule has 2 saturated carbocycles. The van der Waals surface area contributed by atoms with Gasteiger partial charge in [-0.2, -0.15) is 17.4 Å². The van der Waals surface area contributed by atoms with E-state index in [4.69, 9.17) is 4.74 Å². The third-order valence-corrected chi connectivity index (χ3v) is 7.34. The molecule has 1 aliphatic heterocycles. The number of hydrogen-bond donors (Lipinski definition) is 1. The first kappa shape index (κ1) is 15.7. The van der Waals surface area contributed by atoms with E-state index in [1.165, 1.54) is 25.7 Å². The van der Waals surface area contributed by atoms with Crippen molar-refractivity contribution in [3.05, 3.63) is 0 Å². The van der Waals surface area contributed by atoms with Crippen molar-refractivity contribution in [1.29, 1.82) is 0 Å². The lowest BCUT2D eigenvalue weighted by molar-refractivity contribution is 0.121. The van der Waals surface area contributed by atoms with Crippen LogP contribution in [0.25, 0.3) is 0 Å². The lowest BCUT2D eigenvalue weighted by Crippen LogP contribution is -2.49. The van der Waals surface area contributed by atoms with E-state index in [1.807, 2.05) is 0 Å². The zero-order valence-corrected chi connectivity index (χ0v) is 13.8. The molecular weight excluding hydrogens is 288 g/mol. The van der Waals surface area contributed by atoms with Gasteiger partial charge >= 0.3 is 0 Å². The number of methoxy groups -OCH3 is 1. The van der Waals surface area contributed by atoms with Crippen molar-refractivity contribution in [3.8, 4) is 0 Å². The quantitative estimate of drug-likeness (QED) is 0.841. The van der Waals surface area contributed by atoms with Crippen LogP contribution in [0.3, 0.4) is 0 Å². The Labute approximate surface area is 128 Å². The highest BCUT2D eigenvalue weighted by atomic mass is 32.2. The van der Waals surface area contributed by atoms with Crippen molar-refractivity contribution >= 4 is 10.2 Å². The van der Waals surface area contributed by atoms with Gasteiger partial charge in [0.25, 0.3) is 10.2 Å². The summed E-state index contributed by atoms with van der Waals surface area (Å²) in [5.41, 5.74) is 0. The van der Waals surface area contributed by atoms with Gasteiger partial charge in [0.1, 0.15) is 0 Å². The fourth-order valence-corrected chi connectivity index (χ4v) is 6.04. The smallest absolute Gasteiger partial charge is 0.279 e. The van der Waals surface area contributed by atoms with Crippen LogP contribution in [-0.4, -0.2) is 45.6 Å². The molecule has 0 unspecified atom stereocenters. The van der Waals surface area contributed by atoms with Gasteiger partial charge in [0.2, 0.25) is 0 Å². The predicted molar refractivity (Wildman–Crippen MR) is 82.1 cm³/mol. The highest BCUT2D eigenvalue weighted by molar-refractivity contribution is 7.87. The second kappa shape index (κ2) is 6.52. The Kier molecular flexibility index (Phi) is 4.88. The molecule has 0 bridgehead atoms. The van der Waals surface area contributed by atoms with Gasteiger partial charge in [-0.05, 0) is 49.9 Å². The van der Waals surface area contributed by atoms with E-state index in [0.717, 1.165) is 31.8 Å². The Balaban J connectivity index is 1.55. The number of rotatable bonds is 5. The molecule has 1 saturated heterocycles. The van der Waals surface area contributed by atoms with E-state index in [1.54, 1.807) is 11.4 Å². The number of nitrogens with one attached hydrogen (secondary N) is 1. The fraction of sp³-hybridized carbons (Fsp3) is 1.00. The van der Waals surface area contributed by atoms with Crippen LogP contribution in [-0.2, 0) is 14.9 Å². The van der Waals surface area contributed by atoms with E-state index < -0.39 is 10.2 Å². The summed E-state index contributed by atoms with van der Waals surface area (Å²) in [5.74, 6) is 1.86. The molecule has 0 amide bonds. The van der Waals surface area contributed by atoms with Crippen molar-refractivity contribution in [3.63, 3.8) is 0 Å². The molecule has 21 heavy (non-hydrogen) atoms. The molecule has 0 aromatic rings. The number of piperidine rings is 1. The Morgan fingerprint density at radius 3 is 2.57 bits per heavy atom. The lowest BCUT2D eigenvalue weighted by Gasteiger charge is -2.32. The number of nitrogens with zero attached hydrogens (tertiary/aromatic N) is 1. The number of hydrogen-bond acceptors (Lipinski definition) is 3. The molecule has 0 spiro atoms. The highest BCUT2D eigenvalue weighted by Gasteiger charge is 2.41. The van der Waals surface area contributed by atoms with Gasteiger partial charge in [-0.3, -0.25) is 0 Å². The largest absolute Gasteiger partial charge is 0.384 e. The SMILES string of the molecule is COCC1CCN(S(=O)(=O)N[C@@H]2CC[C@H]3CCC[C@H]32)CC1. The minimum Gasteiger partial charge on any atom is -0.384 e. The fourth-order valence-electron chi connectivity index (χ4n) is 4.53. The predicted octanol–water partition coefficient (Wildman–Crippen LogP) is 1.76. The van der Waals surface area contributed by atoms with Crippen molar-refractivity contribution in [1.82, 2.24) is 9.03 Å². The van der Waals surface area contributed by atoms with E-state index >= 15 is 0 Å². The van der Waals surface area contributed by atoms with Crippen LogP contribution in [0.5, 0.6) is 0 Å². The third-order valence-electron chi connectivity index (χ3n) is 5.70. The summed E-state index contributed by atoms with van der Waals surface area (Å²) in [6.45, 7) is 2.00. The second-order valence-corrected chi connectivity index (χ2v) is 8.66. The van der Waals surface area contributed by atoms with Crippen LogP contribution >= 0.6 is 0 Å². The van der Waals surface area contributed by atoms with Gasteiger partial charge in [0, 0.05) is 32.8 Å². The first-order chi connectivity index (χ1) is 10.1. The van der Waals surface area contributed by atoms with Gasteiger partial charge in [-0.15, -0.1) is 0 Å². The molecule has 3 rings (SSSR count). The molecule has 3 fully saturated rings. The summed E-state index contributed by atoms with van der Waals surface area (Å²) < 4.78 is 35.0. The number of ether oxygens (including phenoxy) is 1. The Hall–Kier alpha value is -0.170. The topological polar surface area (TPSA) is 58.6 Å². The minimum atomic E-state index is -3.30. The molecule has 0 aromatic carbocycles.